The number of rotatable bonds is 7. The lowest BCUT2D eigenvalue weighted by Gasteiger charge is -2.16. The molecule has 0 saturated heterocycles. The molecule has 2 rings (SSSR count). The van der Waals surface area contributed by atoms with Crippen LogP contribution in [0.15, 0.2) is 48.5 Å². The minimum atomic E-state index is -4.06. The molecular weight excluding hydrogens is 343 g/mol. The first-order valence-electron chi connectivity index (χ1n) is 6.37. The summed E-state index contributed by atoms with van der Waals surface area (Å²) in [6.07, 6.45) is 0. The summed E-state index contributed by atoms with van der Waals surface area (Å²) in [4.78, 5) is 20.0. The van der Waals surface area contributed by atoms with Crippen molar-refractivity contribution in [2.24, 2.45) is 0 Å². The van der Waals surface area contributed by atoms with Gasteiger partial charge in [0, 0.05) is 31.4 Å². The van der Waals surface area contributed by atoms with Gasteiger partial charge in [-0.25, -0.2) is 4.57 Å². The maximum absolute atomic E-state index is 12.4. The molecule has 11 heteroatoms. The van der Waals surface area contributed by atoms with E-state index in [9.17, 15) is 24.8 Å². The van der Waals surface area contributed by atoms with Crippen LogP contribution in [0.3, 0.4) is 0 Å². The van der Waals surface area contributed by atoms with Crippen molar-refractivity contribution in [2.45, 2.75) is 0 Å². The lowest BCUT2D eigenvalue weighted by atomic mass is 10.3. The smallest absolute Gasteiger partial charge is 0.395 e. The zero-order valence-corrected chi connectivity index (χ0v) is 13.1. The summed E-state index contributed by atoms with van der Waals surface area (Å²) in [5.74, 6) is 0.0698. The summed E-state index contributed by atoms with van der Waals surface area (Å²) in [5, 5.41) is 21.2. The summed E-state index contributed by atoms with van der Waals surface area (Å²) >= 11 is 0. The third kappa shape index (κ3) is 4.28. The fourth-order valence-electron chi connectivity index (χ4n) is 1.61. The van der Waals surface area contributed by atoms with Crippen LogP contribution < -0.4 is 9.05 Å². The molecule has 0 fully saturated rings. The molecule has 0 unspecified atom stereocenters. The number of hydrogen-bond donors (Lipinski definition) is 0. The van der Waals surface area contributed by atoms with E-state index in [0.29, 0.717) is 0 Å². The van der Waals surface area contributed by atoms with Gasteiger partial charge in [0.1, 0.15) is 11.5 Å². The first kappa shape index (κ1) is 17.4. The van der Waals surface area contributed by atoms with Crippen LogP contribution in [0.4, 0.5) is 11.4 Å². The Bertz CT molecular complexity index is 727. The zero-order valence-electron chi connectivity index (χ0n) is 12.2. The van der Waals surface area contributed by atoms with Crippen molar-refractivity contribution in [3.63, 3.8) is 0 Å². The zero-order chi connectivity index (χ0) is 17.7. The van der Waals surface area contributed by atoms with Gasteiger partial charge < -0.3 is 9.05 Å². The van der Waals surface area contributed by atoms with Crippen LogP contribution in [0.25, 0.3) is 0 Å². The third-order valence-electron chi connectivity index (χ3n) is 2.75. The lowest BCUT2D eigenvalue weighted by molar-refractivity contribution is -0.385. The minimum Gasteiger partial charge on any atom is -0.395 e. The number of benzene rings is 2. The summed E-state index contributed by atoms with van der Waals surface area (Å²) in [7, 11) is -2.97. The highest BCUT2D eigenvalue weighted by Gasteiger charge is 2.29. The van der Waals surface area contributed by atoms with Crippen LogP contribution in [0.5, 0.6) is 11.5 Å². The normalized spacial score (nSPS) is 10.9. The van der Waals surface area contributed by atoms with Gasteiger partial charge in [0.2, 0.25) is 0 Å². The van der Waals surface area contributed by atoms with Crippen molar-refractivity contribution >= 4 is 19.2 Å². The monoisotopic (exact) mass is 354 g/mol. The minimum absolute atomic E-state index is 0.0349. The van der Waals surface area contributed by atoms with E-state index >= 15 is 0 Å². The van der Waals surface area contributed by atoms with E-state index in [1.165, 1.54) is 48.5 Å². The Morgan fingerprint density at radius 3 is 1.38 bits per heavy atom. The summed E-state index contributed by atoms with van der Waals surface area (Å²) in [6.45, 7) is 0. The van der Waals surface area contributed by atoms with Gasteiger partial charge in [0.25, 0.3) is 11.4 Å². The van der Waals surface area contributed by atoms with Crippen LogP contribution >= 0.6 is 7.82 Å². The molecule has 10 nitrogen and oxygen atoms in total. The molecule has 0 bridgehead atoms. The van der Waals surface area contributed by atoms with Crippen LogP contribution in [-0.2, 0) is 9.09 Å². The second-order valence-corrected chi connectivity index (χ2v) is 5.94. The van der Waals surface area contributed by atoms with Crippen molar-refractivity contribution in [3.8, 4) is 11.5 Å². The highest BCUT2D eigenvalue weighted by Crippen LogP contribution is 2.49. The molecule has 0 saturated carbocycles. The molecule has 0 aliphatic heterocycles. The molecule has 0 aliphatic carbocycles. The molecule has 0 N–H and O–H groups in total. The molecule has 2 aromatic carbocycles. The number of hydrogen-bond acceptors (Lipinski definition) is 8. The summed E-state index contributed by atoms with van der Waals surface area (Å²) < 4.78 is 27.4. The molecular formula is C13H11N2O8P. The largest absolute Gasteiger partial charge is 0.587 e. The van der Waals surface area contributed by atoms with Gasteiger partial charge in [0.15, 0.2) is 0 Å². The van der Waals surface area contributed by atoms with E-state index in [0.717, 1.165) is 7.11 Å². The van der Waals surface area contributed by atoms with E-state index in [-0.39, 0.29) is 22.9 Å². The highest BCUT2D eigenvalue weighted by atomic mass is 31.2. The molecule has 2 aromatic rings. The third-order valence-corrected chi connectivity index (χ3v) is 4.07. The Morgan fingerprint density at radius 2 is 1.12 bits per heavy atom. The molecule has 0 radical (unpaired) electrons. The first-order chi connectivity index (χ1) is 11.3. The summed E-state index contributed by atoms with van der Waals surface area (Å²) in [5.41, 5.74) is -0.322. The van der Waals surface area contributed by atoms with Crippen LogP contribution in [0, 0.1) is 20.2 Å². The van der Waals surface area contributed by atoms with E-state index < -0.39 is 17.7 Å². The number of phosphoric acid groups is 1. The maximum atomic E-state index is 12.4. The van der Waals surface area contributed by atoms with Crippen molar-refractivity contribution in [3.05, 3.63) is 68.8 Å². The number of nitrogens with zero attached hydrogens (tertiary/aromatic N) is 2. The number of non-ortho nitro benzene ring substituents is 2. The van der Waals surface area contributed by atoms with Gasteiger partial charge >= 0.3 is 7.82 Å². The van der Waals surface area contributed by atoms with Crippen molar-refractivity contribution in [2.75, 3.05) is 7.11 Å². The molecule has 126 valence electrons. The first-order valence-corrected chi connectivity index (χ1v) is 7.83. The van der Waals surface area contributed by atoms with E-state index in [2.05, 4.69) is 0 Å². The van der Waals surface area contributed by atoms with Gasteiger partial charge in [-0.1, -0.05) is 0 Å². The molecule has 0 spiro atoms. The average molecular weight is 354 g/mol. The van der Waals surface area contributed by atoms with Crippen molar-refractivity contribution < 1.29 is 28.0 Å². The Hall–Kier alpha value is -2.97. The molecule has 0 aromatic heterocycles. The summed E-state index contributed by atoms with van der Waals surface area (Å²) in [6, 6.07) is 9.63. The number of phosphoric ester groups is 1. The fourth-order valence-corrected chi connectivity index (χ4v) is 2.55. The Balaban J connectivity index is 2.14. The van der Waals surface area contributed by atoms with Gasteiger partial charge in [-0.2, -0.15) is 0 Å². The average Bonchev–Trinajstić information content (AvgIpc) is 2.55. The van der Waals surface area contributed by atoms with Gasteiger partial charge in [-0.15, -0.1) is 0 Å². The second kappa shape index (κ2) is 7.07. The molecule has 0 atom stereocenters. The Morgan fingerprint density at radius 1 is 0.792 bits per heavy atom. The van der Waals surface area contributed by atoms with Crippen molar-refractivity contribution in [1.29, 1.82) is 0 Å². The quantitative estimate of drug-likeness (QED) is 0.417. The number of nitro benzene ring substituents is 2. The Labute approximate surface area is 135 Å². The van der Waals surface area contributed by atoms with Gasteiger partial charge in [-0.3, -0.25) is 24.8 Å². The van der Waals surface area contributed by atoms with E-state index in [1.807, 2.05) is 0 Å². The standard InChI is InChI=1S/C13H11N2O8P/c1-21-24(20,22-12-6-2-10(3-7-12)14(16)17)23-13-8-4-11(5-9-13)15(18)19/h2-9H,1H3. The predicted molar refractivity (Wildman–Crippen MR) is 82.1 cm³/mol. The SMILES string of the molecule is COP(=O)(Oc1ccc([N+](=O)[O-])cc1)Oc1ccc([N+](=O)[O-])cc1. The van der Waals surface area contributed by atoms with Crippen LogP contribution in [0.2, 0.25) is 0 Å². The molecule has 24 heavy (non-hydrogen) atoms. The molecule has 0 aliphatic rings. The van der Waals surface area contributed by atoms with Gasteiger partial charge in [0.05, 0.1) is 9.85 Å². The number of nitro groups is 2. The van der Waals surface area contributed by atoms with Crippen LogP contribution in [0.1, 0.15) is 0 Å². The maximum Gasteiger partial charge on any atom is 0.587 e. The van der Waals surface area contributed by atoms with Gasteiger partial charge in [-0.05, 0) is 24.3 Å². The predicted octanol–water partition coefficient (Wildman–Crippen LogP) is 3.72. The molecule has 0 amide bonds. The Kier molecular flexibility index (Phi) is 5.12. The van der Waals surface area contributed by atoms with Crippen molar-refractivity contribution in [1.82, 2.24) is 0 Å². The topological polar surface area (TPSA) is 131 Å². The molecule has 0 heterocycles. The lowest BCUT2D eigenvalue weighted by Crippen LogP contribution is -2.03. The second-order valence-electron chi connectivity index (χ2n) is 4.31. The van der Waals surface area contributed by atoms with Crippen LogP contribution in [-0.4, -0.2) is 17.0 Å². The fraction of sp³-hybridized carbons (Fsp3) is 0.0769. The highest BCUT2D eigenvalue weighted by molar-refractivity contribution is 7.49. The van der Waals surface area contributed by atoms with E-state index in [1.54, 1.807) is 0 Å². The van der Waals surface area contributed by atoms with E-state index in [4.69, 9.17) is 13.6 Å².